The van der Waals surface area contributed by atoms with Gasteiger partial charge in [0.15, 0.2) is 5.96 Å². The Morgan fingerprint density at radius 1 is 1.36 bits per heavy atom. The van der Waals surface area contributed by atoms with Crippen molar-refractivity contribution in [1.29, 1.82) is 0 Å². The normalized spacial score (nSPS) is 18.3. The largest absolute Gasteiger partial charge is 0.511 e. The van der Waals surface area contributed by atoms with E-state index in [0.29, 0.717) is 36.2 Å². The van der Waals surface area contributed by atoms with Crippen LogP contribution in [0.25, 0.3) is 0 Å². The maximum Gasteiger partial charge on any atom is 0.511 e. The summed E-state index contributed by atoms with van der Waals surface area (Å²) in [5.74, 6) is 0.705. The van der Waals surface area contributed by atoms with E-state index in [1.807, 2.05) is 16.8 Å². The number of hydrogen-bond acceptors (Lipinski definition) is 4. The summed E-state index contributed by atoms with van der Waals surface area (Å²) in [4.78, 5) is 4.10. The summed E-state index contributed by atoms with van der Waals surface area (Å²) in [5, 5.41) is 10.3. The Morgan fingerprint density at radius 2 is 2.04 bits per heavy atom. The van der Waals surface area contributed by atoms with Crippen LogP contribution in [-0.4, -0.2) is 50.9 Å². The van der Waals surface area contributed by atoms with Gasteiger partial charge in [-0.3, -0.25) is 4.99 Å². The Morgan fingerprint density at radius 3 is 2.56 bits per heavy atom. The molecule has 25 heavy (non-hydrogen) atoms. The van der Waals surface area contributed by atoms with Crippen molar-refractivity contribution in [3.8, 4) is 0 Å². The Bertz CT molecular complexity index is 667. The molecule has 0 atom stereocenters. The average molecular weight is 398 g/mol. The number of sulfonamides is 1. The van der Waals surface area contributed by atoms with Crippen molar-refractivity contribution in [2.45, 2.75) is 24.9 Å². The first-order chi connectivity index (χ1) is 11.7. The lowest BCUT2D eigenvalue weighted by molar-refractivity contribution is -0.0496. The van der Waals surface area contributed by atoms with Gasteiger partial charge in [0.25, 0.3) is 0 Å². The van der Waals surface area contributed by atoms with Crippen LogP contribution in [0.15, 0.2) is 21.8 Å². The van der Waals surface area contributed by atoms with Crippen molar-refractivity contribution in [2.75, 3.05) is 26.7 Å². The summed E-state index contributed by atoms with van der Waals surface area (Å²) in [7, 11) is -3.57. The van der Waals surface area contributed by atoms with Gasteiger partial charge in [-0.25, -0.2) is 8.42 Å². The minimum Gasteiger partial charge on any atom is -0.356 e. The number of aliphatic imine (C=N–C) groups is 1. The molecule has 0 bridgehead atoms. The van der Waals surface area contributed by atoms with Gasteiger partial charge in [0.05, 0.1) is 0 Å². The van der Waals surface area contributed by atoms with Gasteiger partial charge in [-0.2, -0.15) is 28.8 Å². The smallest absolute Gasteiger partial charge is 0.356 e. The summed E-state index contributed by atoms with van der Waals surface area (Å²) in [6.07, 6.45) is 0.758. The van der Waals surface area contributed by atoms with Crippen molar-refractivity contribution in [3.05, 3.63) is 22.4 Å². The molecular weight excluding hydrogens is 377 g/mol. The Kier molecular flexibility index (Phi) is 6.69. The fourth-order valence-corrected chi connectivity index (χ4v) is 4.19. The summed E-state index contributed by atoms with van der Waals surface area (Å²) in [6.45, 7) is 0.929. The molecule has 1 aliphatic rings. The maximum atomic E-state index is 12.6. The first-order valence-electron chi connectivity index (χ1n) is 7.76. The quantitative estimate of drug-likeness (QED) is 0.588. The average Bonchev–Trinajstić information content (AvgIpc) is 3.08. The van der Waals surface area contributed by atoms with Crippen molar-refractivity contribution in [1.82, 2.24) is 14.9 Å². The molecule has 11 heteroatoms. The lowest BCUT2D eigenvalue weighted by Crippen LogP contribution is -2.47. The second kappa shape index (κ2) is 8.37. The first-order valence-corrected chi connectivity index (χ1v) is 10.1. The molecule has 1 saturated heterocycles. The Balaban J connectivity index is 1.76. The van der Waals surface area contributed by atoms with E-state index in [9.17, 15) is 21.6 Å². The summed E-state index contributed by atoms with van der Waals surface area (Å²) >= 11 is 1.60. The molecule has 1 aliphatic heterocycles. The zero-order chi connectivity index (χ0) is 18.5. The maximum absolute atomic E-state index is 12.6. The molecule has 2 heterocycles. The molecule has 142 valence electrons. The highest BCUT2D eigenvalue weighted by Gasteiger charge is 2.50. The molecule has 1 aromatic rings. The second-order valence-electron chi connectivity index (χ2n) is 5.73. The lowest BCUT2D eigenvalue weighted by atomic mass is 9.98. The molecule has 6 nitrogen and oxygen atoms in total. The van der Waals surface area contributed by atoms with Crippen molar-refractivity contribution >= 4 is 27.3 Å². The predicted octanol–water partition coefficient (Wildman–Crippen LogP) is 1.97. The van der Waals surface area contributed by atoms with E-state index in [1.165, 1.54) is 0 Å². The zero-order valence-electron chi connectivity index (χ0n) is 13.7. The van der Waals surface area contributed by atoms with Gasteiger partial charge in [-0.15, -0.1) is 0 Å². The van der Waals surface area contributed by atoms with Crippen LogP contribution in [0.2, 0.25) is 0 Å². The van der Waals surface area contributed by atoms with E-state index in [2.05, 4.69) is 15.6 Å². The molecule has 0 saturated carbocycles. The number of piperidine rings is 1. The molecule has 0 amide bonds. The number of nitrogens with zero attached hydrogens (tertiary/aromatic N) is 2. The summed E-state index contributed by atoms with van der Waals surface area (Å²) < 4.78 is 60.9. The van der Waals surface area contributed by atoms with Gasteiger partial charge < -0.3 is 10.6 Å². The topological polar surface area (TPSA) is 73.8 Å². The van der Waals surface area contributed by atoms with E-state index in [1.54, 1.807) is 18.4 Å². The SMILES string of the molecule is CN=C(NCc1ccsc1)NCC1CCN(S(=O)(=O)C(F)(F)F)CC1. The summed E-state index contributed by atoms with van der Waals surface area (Å²) in [6, 6.07) is 2.00. The fourth-order valence-electron chi connectivity index (χ4n) is 2.54. The minimum atomic E-state index is -5.23. The molecule has 0 spiro atoms. The third-order valence-electron chi connectivity index (χ3n) is 4.03. The van der Waals surface area contributed by atoms with Crippen LogP contribution in [0.5, 0.6) is 0 Å². The predicted molar refractivity (Wildman–Crippen MR) is 91.8 cm³/mol. The third-order valence-corrected chi connectivity index (χ3v) is 6.39. The van der Waals surface area contributed by atoms with Gasteiger partial charge in [0, 0.05) is 33.2 Å². The lowest BCUT2D eigenvalue weighted by Gasteiger charge is -2.31. The van der Waals surface area contributed by atoms with Crippen LogP contribution in [-0.2, 0) is 16.6 Å². The molecule has 1 fully saturated rings. The van der Waals surface area contributed by atoms with E-state index >= 15 is 0 Å². The highest BCUT2D eigenvalue weighted by Crippen LogP contribution is 2.30. The van der Waals surface area contributed by atoms with Gasteiger partial charge in [-0.1, -0.05) is 0 Å². The molecule has 0 unspecified atom stereocenters. The first kappa shape index (κ1) is 20.0. The summed E-state index contributed by atoms with van der Waals surface area (Å²) in [5.41, 5.74) is -4.09. The van der Waals surface area contributed by atoms with Crippen LogP contribution in [0.4, 0.5) is 13.2 Å². The molecule has 0 aliphatic carbocycles. The number of rotatable bonds is 5. The number of guanidine groups is 1. The minimum absolute atomic E-state index is 0.0966. The van der Waals surface area contributed by atoms with Gasteiger partial charge >= 0.3 is 15.5 Å². The number of alkyl halides is 3. The van der Waals surface area contributed by atoms with Gasteiger partial charge in [-0.05, 0) is 41.1 Å². The Hall–Kier alpha value is -1.33. The van der Waals surface area contributed by atoms with Crippen LogP contribution in [0.3, 0.4) is 0 Å². The molecule has 0 radical (unpaired) electrons. The van der Waals surface area contributed by atoms with Crippen molar-refractivity contribution in [2.24, 2.45) is 10.9 Å². The highest BCUT2D eigenvalue weighted by molar-refractivity contribution is 7.90. The van der Waals surface area contributed by atoms with E-state index in [-0.39, 0.29) is 19.0 Å². The Labute approximate surface area is 149 Å². The zero-order valence-corrected chi connectivity index (χ0v) is 15.3. The van der Waals surface area contributed by atoms with Crippen LogP contribution >= 0.6 is 11.3 Å². The molecule has 2 N–H and O–H groups in total. The van der Waals surface area contributed by atoms with Gasteiger partial charge in [0.2, 0.25) is 0 Å². The second-order valence-corrected chi connectivity index (χ2v) is 8.44. The molecular formula is C14H21F3N4O2S2. The number of thiophene rings is 1. The number of halogens is 3. The van der Waals surface area contributed by atoms with E-state index < -0.39 is 15.5 Å². The molecule has 0 aromatic carbocycles. The molecule has 2 rings (SSSR count). The number of nitrogens with one attached hydrogen (secondary N) is 2. The fraction of sp³-hybridized carbons (Fsp3) is 0.643. The van der Waals surface area contributed by atoms with E-state index in [0.717, 1.165) is 5.56 Å². The van der Waals surface area contributed by atoms with Crippen molar-refractivity contribution in [3.63, 3.8) is 0 Å². The van der Waals surface area contributed by atoms with Gasteiger partial charge in [0.1, 0.15) is 0 Å². The number of hydrogen-bond donors (Lipinski definition) is 2. The van der Waals surface area contributed by atoms with Crippen LogP contribution in [0, 0.1) is 5.92 Å². The monoisotopic (exact) mass is 398 g/mol. The third kappa shape index (κ3) is 5.32. The van der Waals surface area contributed by atoms with Crippen LogP contribution in [0.1, 0.15) is 18.4 Å². The highest BCUT2D eigenvalue weighted by atomic mass is 32.2. The molecule has 1 aromatic heterocycles. The van der Waals surface area contributed by atoms with Crippen molar-refractivity contribution < 1.29 is 21.6 Å². The standard InChI is InChI=1S/C14H21F3N4O2S2/c1-18-13(20-9-12-4-7-24-10-12)19-8-11-2-5-21(6-3-11)25(22,23)14(15,16)17/h4,7,10-11H,2-3,5-6,8-9H2,1H3,(H2,18,19,20). The van der Waals surface area contributed by atoms with E-state index in [4.69, 9.17) is 0 Å². The van der Waals surface area contributed by atoms with Crippen LogP contribution < -0.4 is 10.6 Å².